The summed E-state index contributed by atoms with van der Waals surface area (Å²) in [6, 6.07) is 7.39. The van der Waals surface area contributed by atoms with Crippen molar-refractivity contribution in [2.75, 3.05) is 24.8 Å². The fourth-order valence-electron chi connectivity index (χ4n) is 3.01. The SMILES string of the molecule is CCC1CNC(C(C)C)CN1c1ccc2c(c1)OCO2. The Morgan fingerprint density at radius 1 is 1.30 bits per heavy atom. The third-order valence-electron chi connectivity index (χ3n) is 4.41. The molecule has 0 aromatic heterocycles. The zero-order chi connectivity index (χ0) is 14.1. The smallest absolute Gasteiger partial charge is 0.231 e. The molecule has 0 spiro atoms. The first-order valence-electron chi connectivity index (χ1n) is 7.58. The Kier molecular flexibility index (Phi) is 3.74. The maximum Gasteiger partial charge on any atom is 0.231 e. The van der Waals surface area contributed by atoms with Gasteiger partial charge in [-0.25, -0.2) is 0 Å². The Hall–Kier alpha value is -1.42. The third kappa shape index (κ3) is 2.44. The van der Waals surface area contributed by atoms with E-state index in [0.717, 1.165) is 31.0 Å². The molecule has 110 valence electrons. The molecule has 1 aromatic carbocycles. The predicted molar refractivity (Wildman–Crippen MR) is 80.6 cm³/mol. The van der Waals surface area contributed by atoms with Crippen molar-refractivity contribution in [2.24, 2.45) is 5.92 Å². The van der Waals surface area contributed by atoms with Crippen LogP contribution in [-0.2, 0) is 0 Å². The standard InChI is InChI=1S/C16H24N2O2/c1-4-12-8-17-14(11(2)3)9-18(12)13-5-6-15-16(7-13)20-10-19-15/h5-7,11-12,14,17H,4,8-10H2,1-3H3. The summed E-state index contributed by atoms with van der Waals surface area (Å²) in [7, 11) is 0. The minimum atomic E-state index is 0.339. The van der Waals surface area contributed by atoms with Crippen molar-refractivity contribution in [3.05, 3.63) is 18.2 Å². The van der Waals surface area contributed by atoms with Crippen LogP contribution in [0.3, 0.4) is 0 Å². The number of fused-ring (bicyclic) bond motifs is 1. The average molecular weight is 276 g/mol. The first-order valence-corrected chi connectivity index (χ1v) is 7.58. The van der Waals surface area contributed by atoms with E-state index in [1.165, 1.54) is 5.69 Å². The minimum Gasteiger partial charge on any atom is -0.454 e. The quantitative estimate of drug-likeness (QED) is 0.920. The molecule has 2 aliphatic rings. The van der Waals surface area contributed by atoms with Crippen LogP contribution in [0.2, 0.25) is 0 Å². The van der Waals surface area contributed by atoms with Crippen LogP contribution in [-0.4, -0.2) is 32.0 Å². The summed E-state index contributed by atoms with van der Waals surface area (Å²) in [5, 5.41) is 3.67. The number of hydrogen-bond acceptors (Lipinski definition) is 4. The Bertz CT molecular complexity index is 476. The van der Waals surface area contributed by atoms with Crippen LogP contribution >= 0.6 is 0 Å². The van der Waals surface area contributed by atoms with Gasteiger partial charge in [-0.1, -0.05) is 20.8 Å². The molecule has 0 radical (unpaired) electrons. The van der Waals surface area contributed by atoms with E-state index in [1.807, 2.05) is 6.07 Å². The van der Waals surface area contributed by atoms with Gasteiger partial charge in [0.15, 0.2) is 11.5 Å². The normalized spacial score (nSPS) is 25.3. The number of rotatable bonds is 3. The van der Waals surface area contributed by atoms with E-state index in [-0.39, 0.29) is 0 Å². The Morgan fingerprint density at radius 3 is 2.85 bits per heavy atom. The maximum absolute atomic E-state index is 5.51. The third-order valence-corrected chi connectivity index (χ3v) is 4.41. The number of benzene rings is 1. The van der Waals surface area contributed by atoms with E-state index in [4.69, 9.17) is 9.47 Å². The van der Waals surface area contributed by atoms with E-state index >= 15 is 0 Å². The fourth-order valence-corrected chi connectivity index (χ4v) is 3.01. The molecule has 1 N–H and O–H groups in total. The first kappa shape index (κ1) is 13.6. The van der Waals surface area contributed by atoms with E-state index in [1.54, 1.807) is 0 Å². The summed E-state index contributed by atoms with van der Waals surface area (Å²) in [6.45, 7) is 9.25. The van der Waals surface area contributed by atoms with Crippen molar-refractivity contribution in [1.29, 1.82) is 0 Å². The molecule has 4 nitrogen and oxygen atoms in total. The number of anilines is 1. The summed E-state index contributed by atoms with van der Waals surface area (Å²) in [4.78, 5) is 2.52. The molecular weight excluding hydrogens is 252 g/mol. The van der Waals surface area contributed by atoms with Gasteiger partial charge < -0.3 is 19.7 Å². The monoisotopic (exact) mass is 276 g/mol. The lowest BCUT2D eigenvalue weighted by Gasteiger charge is -2.43. The molecule has 3 rings (SSSR count). The minimum absolute atomic E-state index is 0.339. The lowest BCUT2D eigenvalue weighted by molar-refractivity contribution is 0.174. The molecule has 2 atom stereocenters. The molecule has 0 amide bonds. The highest BCUT2D eigenvalue weighted by atomic mass is 16.7. The van der Waals surface area contributed by atoms with Crippen LogP contribution in [0, 0.1) is 5.92 Å². The van der Waals surface area contributed by atoms with E-state index in [0.29, 0.717) is 24.8 Å². The van der Waals surface area contributed by atoms with Gasteiger partial charge in [-0.05, 0) is 24.5 Å². The van der Waals surface area contributed by atoms with Gasteiger partial charge in [-0.2, -0.15) is 0 Å². The lowest BCUT2D eigenvalue weighted by atomic mass is 9.97. The van der Waals surface area contributed by atoms with Crippen molar-refractivity contribution in [3.63, 3.8) is 0 Å². The molecule has 0 bridgehead atoms. The highest BCUT2D eigenvalue weighted by Crippen LogP contribution is 2.36. The summed E-state index contributed by atoms with van der Waals surface area (Å²) < 4.78 is 10.9. The van der Waals surface area contributed by atoms with Gasteiger partial charge in [-0.3, -0.25) is 0 Å². The highest BCUT2D eigenvalue weighted by Gasteiger charge is 2.29. The molecule has 1 aromatic rings. The largest absolute Gasteiger partial charge is 0.454 e. The summed E-state index contributed by atoms with van der Waals surface area (Å²) >= 11 is 0. The van der Waals surface area contributed by atoms with Gasteiger partial charge in [0.2, 0.25) is 6.79 Å². The lowest BCUT2D eigenvalue weighted by Crippen LogP contribution is -2.58. The molecule has 0 saturated carbocycles. The van der Waals surface area contributed by atoms with Gasteiger partial charge in [0.25, 0.3) is 0 Å². The van der Waals surface area contributed by atoms with E-state index in [9.17, 15) is 0 Å². The Labute approximate surface area is 121 Å². The maximum atomic E-state index is 5.51. The molecular formula is C16H24N2O2. The van der Waals surface area contributed by atoms with Gasteiger partial charge in [0, 0.05) is 36.9 Å². The van der Waals surface area contributed by atoms with Crippen LogP contribution < -0.4 is 19.7 Å². The van der Waals surface area contributed by atoms with Crippen molar-refractivity contribution in [1.82, 2.24) is 5.32 Å². The van der Waals surface area contributed by atoms with Gasteiger partial charge in [0.05, 0.1) is 0 Å². The second kappa shape index (κ2) is 5.52. The number of piperazine rings is 1. The molecule has 2 aliphatic heterocycles. The second-order valence-corrected chi connectivity index (χ2v) is 6.01. The highest BCUT2D eigenvalue weighted by molar-refractivity contribution is 5.58. The number of nitrogens with zero attached hydrogens (tertiary/aromatic N) is 1. The van der Waals surface area contributed by atoms with Crippen LogP contribution in [0.1, 0.15) is 27.2 Å². The fraction of sp³-hybridized carbons (Fsp3) is 0.625. The number of hydrogen-bond donors (Lipinski definition) is 1. The van der Waals surface area contributed by atoms with Crippen LogP contribution in [0.15, 0.2) is 18.2 Å². The molecule has 2 heterocycles. The van der Waals surface area contributed by atoms with Crippen molar-refractivity contribution in [2.45, 2.75) is 39.3 Å². The van der Waals surface area contributed by atoms with Gasteiger partial charge in [0.1, 0.15) is 0 Å². The summed E-state index contributed by atoms with van der Waals surface area (Å²) in [5.74, 6) is 2.37. The van der Waals surface area contributed by atoms with Crippen molar-refractivity contribution < 1.29 is 9.47 Å². The van der Waals surface area contributed by atoms with E-state index < -0.39 is 0 Å². The van der Waals surface area contributed by atoms with Crippen LogP contribution in [0.5, 0.6) is 11.5 Å². The van der Waals surface area contributed by atoms with Crippen LogP contribution in [0.25, 0.3) is 0 Å². The second-order valence-electron chi connectivity index (χ2n) is 6.01. The first-order chi connectivity index (χ1) is 9.69. The Morgan fingerprint density at radius 2 is 2.10 bits per heavy atom. The van der Waals surface area contributed by atoms with Crippen molar-refractivity contribution >= 4 is 5.69 Å². The average Bonchev–Trinajstić information content (AvgIpc) is 2.93. The zero-order valence-electron chi connectivity index (χ0n) is 12.6. The number of nitrogens with one attached hydrogen (secondary N) is 1. The van der Waals surface area contributed by atoms with Crippen molar-refractivity contribution in [3.8, 4) is 11.5 Å². The van der Waals surface area contributed by atoms with Gasteiger partial charge in [-0.15, -0.1) is 0 Å². The summed E-state index contributed by atoms with van der Waals surface area (Å²) in [5.41, 5.74) is 1.24. The predicted octanol–water partition coefficient (Wildman–Crippen LogP) is 2.63. The summed E-state index contributed by atoms with van der Waals surface area (Å²) in [6.07, 6.45) is 1.15. The van der Waals surface area contributed by atoms with Crippen LogP contribution in [0.4, 0.5) is 5.69 Å². The van der Waals surface area contributed by atoms with E-state index in [2.05, 4.69) is 43.1 Å². The van der Waals surface area contributed by atoms with Gasteiger partial charge >= 0.3 is 0 Å². The molecule has 1 saturated heterocycles. The molecule has 20 heavy (non-hydrogen) atoms. The molecule has 4 heteroatoms. The molecule has 2 unspecified atom stereocenters. The zero-order valence-corrected chi connectivity index (χ0v) is 12.6. The molecule has 0 aliphatic carbocycles. The topological polar surface area (TPSA) is 33.7 Å². The Balaban J connectivity index is 1.85. The molecule has 1 fully saturated rings. The number of ether oxygens (including phenoxy) is 2.